The molecule has 22 heavy (non-hydrogen) atoms. The zero-order valence-electron chi connectivity index (χ0n) is 12.7. The Balaban J connectivity index is 2.26. The van der Waals surface area contributed by atoms with Gasteiger partial charge in [-0.2, -0.15) is 0 Å². The molecule has 0 aliphatic carbocycles. The molecule has 0 aliphatic rings. The summed E-state index contributed by atoms with van der Waals surface area (Å²) in [5.74, 6) is -0.349. The molecule has 0 saturated carbocycles. The molecule has 0 radical (unpaired) electrons. The maximum absolute atomic E-state index is 12.0. The number of halogens is 1. The Hall–Kier alpha value is -1.50. The molecule has 0 aromatic carbocycles. The molecular formula is C15H18ClN3O2S. The van der Waals surface area contributed by atoms with Gasteiger partial charge >= 0.3 is 0 Å². The Kier molecular flexibility index (Phi) is 5.88. The number of amides is 1. The summed E-state index contributed by atoms with van der Waals surface area (Å²) in [6, 6.07) is 3.56. The second-order valence-corrected chi connectivity index (χ2v) is 6.31. The Morgan fingerprint density at radius 1 is 1.50 bits per heavy atom. The number of aryl methyl sites for hydroxylation is 1. The van der Waals surface area contributed by atoms with Gasteiger partial charge in [0, 0.05) is 18.2 Å². The molecule has 1 amide bonds. The molecule has 0 spiro atoms. The summed E-state index contributed by atoms with van der Waals surface area (Å²) in [4.78, 5) is 21.9. The predicted octanol–water partition coefficient (Wildman–Crippen LogP) is 3.64. The number of aromatic nitrogens is 2. The van der Waals surface area contributed by atoms with Crippen LogP contribution in [0.15, 0.2) is 18.3 Å². The number of thiazole rings is 1. The van der Waals surface area contributed by atoms with Crippen LogP contribution in [0.25, 0.3) is 11.4 Å². The lowest BCUT2D eigenvalue weighted by molar-refractivity contribution is -0.120. The molecule has 1 N–H and O–H groups in total. The molecule has 7 heteroatoms. The monoisotopic (exact) mass is 339 g/mol. The fourth-order valence-corrected chi connectivity index (χ4v) is 3.06. The number of anilines is 1. The molecule has 2 rings (SSSR count). The van der Waals surface area contributed by atoms with Gasteiger partial charge < -0.3 is 10.1 Å². The van der Waals surface area contributed by atoms with Crippen LogP contribution < -0.4 is 5.32 Å². The van der Waals surface area contributed by atoms with Gasteiger partial charge in [0.25, 0.3) is 0 Å². The lowest BCUT2D eigenvalue weighted by Crippen LogP contribution is -2.23. The molecule has 118 valence electrons. The van der Waals surface area contributed by atoms with Crippen molar-refractivity contribution < 1.29 is 9.53 Å². The van der Waals surface area contributed by atoms with Crippen LogP contribution >= 0.6 is 22.9 Å². The first-order valence-corrected chi connectivity index (χ1v) is 8.16. The summed E-state index contributed by atoms with van der Waals surface area (Å²) in [5.41, 5.74) is 1.37. The van der Waals surface area contributed by atoms with Crippen molar-refractivity contribution in [2.45, 2.75) is 20.3 Å². The van der Waals surface area contributed by atoms with Crippen molar-refractivity contribution in [3.8, 4) is 11.4 Å². The molecule has 1 atom stereocenters. The number of methoxy groups -OCH3 is 1. The Labute approximate surface area is 138 Å². The summed E-state index contributed by atoms with van der Waals surface area (Å²) < 4.78 is 4.99. The minimum atomic E-state index is -0.235. The Morgan fingerprint density at radius 3 is 2.91 bits per heavy atom. The average molecular weight is 340 g/mol. The second-order valence-electron chi connectivity index (χ2n) is 4.82. The summed E-state index contributed by atoms with van der Waals surface area (Å²) in [5, 5.41) is 3.93. The van der Waals surface area contributed by atoms with Crippen molar-refractivity contribution in [3.05, 3.63) is 28.2 Å². The second kappa shape index (κ2) is 7.67. The van der Waals surface area contributed by atoms with E-state index >= 15 is 0 Å². The van der Waals surface area contributed by atoms with Crippen LogP contribution in [-0.2, 0) is 16.0 Å². The standard InChI is InChI=1S/C15H18ClN3O2S/c1-4-11-13(12-10(16)6-5-7-17-12)18-15(22-11)19-14(20)9(2)8-21-3/h5-7,9H,4,8H2,1-3H3,(H,18,19,20). The summed E-state index contributed by atoms with van der Waals surface area (Å²) in [7, 11) is 1.57. The maximum atomic E-state index is 12.0. The molecule has 2 aromatic rings. The fourth-order valence-electron chi connectivity index (χ4n) is 1.94. The maximum Gasteiger partial charge on any atom is 0.231 e. The number of nitrogens with zero attached hydrogens (tertiary/aromatic N) is 2. The van der Waals surface area contributed by atoms with Crippen LogP contribution in [-0.4, -0.2) is 29.6 Å². The quantitative estimate of drug-likeness (QED) is 0.872. The number of ether oxygens (including phenoxy) is 1. The van der Waals surface area contributed by atoms with E-state index in [0.717, 1.165) is 17.0 Å². The van der Waals surface area contributed by atoms with Gasteiger partial charge in [-0.1, -0.05) is 25.4 Å². The Bertz CT molecular complexity index is 660. The number of hydrogen-bond acceptors (Lipinski definition) is 5. The lowest BCUT2D eigenvalue weighted by Gasteiger charge is -2.08. The minimum Gasteiger partial charge on any atom is -0.384 e. The summed E-state index contributed by atoms with van der Waals surface area (Å²) in [6.07, 6.45) is 2.47. The van der Waals surface area contributed by atoms with Crippen molar-refractivity contribution in [1.29, 1.82) is 0 Å². The zero-order chi connectivity index (χ0) is 16.1. The Morgan fingerprint density at radius 2 is 2.27 bits per heavy atom. The molecule has 0 fully saturated rings. The first-order chi connectivity index (χ1) is 10.6. The van der Waals surface area contributed by atoms with Gasteiger partial charge in [0.05, 0.1) is 17.5 Å². The first kappa shape index (κ1) is 16.9. The molecule has 0 saturated heterocycles. The molecule has 1 unspecified atom stereocenters. The van der Waals surface area contributed by atoms with Gasteiger partial charge in [0.15, 0.2) is 5.13 Å². The summed E-state index contributed by atoms with van der Waals surface area (Å²) >= 11 is 7.64. The largest absolute Gasteiger partial charge is 0.384 e. The van der Waals surface area contributed by atoms with E-state index in [1.807, 2.05) is 13.8 Å². The van der Waals surface area contributed by atoms with Crippen molar-refractivity contribution >= 4 is 34.0 Å². The molecule has 0 aliphatic heterocycles. The van der Waals surface area contributed by atoms with E-state index < -0.39 is 0 Å². The minimum absolute atomic E-state index is 0.114. The van der Waals surface area contributed by atoms with Crippen LogP contribution in [0.4, 0.5) is 5.13 Å². The number of nitrogens with one attached hydrogen (secondary N) is 1. The fraction of sp³-hybridized carbons (Fsp3) is 0.400. The highest BCUT2D eigenvalue weighted by Gasteiger charge is 2.19. The molecular weight excluding hydrogens is 322 g/mol. The number of carbonyl (C=O) groups excluding carboxylic acids is 1. The molecule has 2 aromatic heterocycles. The normalized spacial score (nSPS) is 12.2. The third kappa shape index (κ3) is 3.82. The molecule has 5 nitrogen and oxygen atoms in total. The van der Waals surface area contributed by atoms with Crippen LogP contribution in [0.3, 0.4) is 0 Å². The number of hydrogen-bond donors (Lipinski definition) is 1. The van der Waals surface area contributed by atoms with Crippen LogP contribution in [0.5, 0.6) is 0 Å². The van der Waals surface area contributed by atoms with Crippen molar-refractivity contribution in [3.63, 3.8) is 0 Å². The van der Waals surface area contributed by atoms with E-state index in [0.29, 0.717) is 22.5 Å². The number of pyridine rings is 1. The van der Waals surface area contributed by atoms with Gasteiger partial charge in [0.1, 0.15) is 11.4 Å². The van der Waals surface area contributed by atoms with Gasteiger partial charge in [-0.05, 0) is 18.6 Å². The smallest absolute Gasteiger partial charge is 0.231 e. The lowest BCUT2D eigenvalue weighted by atomic mass is 10.2. The highest BCUT2D eigenvalue weighted by molar-refractivity contribution is 7.16. The van der Waals surface area contributed by atoms with E-state index in [9.17, 15) is 4.79 Å². The van der Waals surface area contributed by atoms with Gasteiger partial charge in [0.2, 0.25) is 5.91 Å². The zero-order valence-corrected chi connectivity index (χ0v) is 14.3. The van der Waals surface area contributed by atoms with Crippen LogP contribution in [0.2, 0.25) is 5.02 Å². The molecule has 0 bridgehead atoms. The summed E-state index contributed by atoms with van der Waals surface area (Å²) in [6.45, 7) is 4.22. The van der Waals surface area contributed by atoms with Crippen LogP contribution in [0.1, 0.15) is 18.7 Å². The highest BCUT2D eigenvalue weighted by atomic mass is 35.5. The molecule has 2 heterocycles. The van der Waals surface area contributed by atoms with E-state index in [1.165, 1.54) is 11.3 Å². The third-order valence-electron chi connectivity index (χ3n) is 3.10. The van der Waals surface area contributed by atoms with Crippen molar-refractivity contribution in [2.75, 3.05) is 19.0 Å². The van der Waals surface area contributed by atoms with E-state index in [2.05, 4.69) is 15.3 Å². The predicted molar refractivity (Wildman–Crippen MR) is 89.4 cm³/mol. The van der Waals surface area contributed by atoms with Gasteiger partial charge in [-0.25, -0.2) is 4.98 Å². The third-order valence-corrected chi connectivity index (χ3v) is 4.52. The van der Waals surface area contributed by atoms with E-state index in [-0.39, 0.29) is 11.8 Å². The number of carbonyl (C=O) groups is 1. The first-order valence-electron chi connectivity index (χ1n) is 6.97. The average Bonchev–Trinajstić information content (AvgIpc) is 2.90. The topological polar surface area (TPSA) is 64.1 Å². The van der Waals surface area contributed by atoms with Crippen LogP contribution in [0, 0.1) is 5.92 Å². The van der Waals surface area contributed by atoms with Crippen molar-refractivity contribution in [2.24, 2.45) is 5.92 Å². The van der Waals surface area contributed by atoms with Crippen molar-refractivity contribution in [1.82, 2.24) is 9.97 Å². The van der Waals surface area contributed by atoms with E-state index in [4.69, 9.17) is 16.3 Å². The van der Waals surface area contributed by atoms with E-state index in [1.54, 1.807) is 25.4 Å². The SMILES string of the molecule is CCc1sc(NC(=O)C(C)COC)nc1-c1ncccc1Cl. The number of rotatable bonds is 6. The highest BCUT2D eigenvalue weighted by Crippen LogP contribution is 2.34. The van der Waals surface area contributed by atoms with Gasteiger partial charge in [-0.3, -0.25) is 9.78 Å². The van der Waals surface area contributed by atoms with Gasteiger partial charge in [-0.15, -0.1) is 11.3 Å².